The maximum Gasteiger partial charge on any atom is 0.0607 e. The fourth-order valence-corrected chi connectivity index (χ4v) is 4.46. The van der Waals surface area contributed by atoms with E-state index < -0.39 is 0 Å². The molecule has 0 aliphatic heterocycles. The minimum Gasteiger partial charge on any atom is -0.381 e. The molecular formula is C30H62NO4. The van der Waals surface area contributed by atoms with Gasteiger partial charge in [-0.1, -0.05) is 55.4 Å². The first-order chi connectivity index (χ1) is 16.5. The van der Waals surface area contributed by atoms with E-state index in [4.69, 9.17) is 18.9 Å². The van der Waals surface area contributed by atoms with E-state index in [1.165, 1.54) is 12.8 Å². The number of unbranched alkanes of at least 4 members (excludes halogenated alkanes) is 2. The molecule has 0 aromatic heterocycles. The SMILES string of the molecule is CC(CCOCCCCOCC[N]CCOCCCCOCCC(C)CC(C)(C)C)CC(C)(C)C. The summed E-state index contributed by atoms with van der Waals surface area (Å²) in [4.78, 5) is 0. The first kappa shape index (κ1) is 34.8. The molecule has 35 heavy (non-hydrogen) atoms. The van der Waals surface area contributed by atoms with Gasteiger partial charge in [-0.05, 0) is 74.0 Å². The van der Waals surface area contributed by atoms with E-state index >= 15 is 0 Å². The van der Waals surface area contributed by atoms with E-state index in [2.05, 4.69) is 60.7 Å². The molecule has 0 aromatic rings. The van der Waals surface area contributed by atoms with Gasteiger partial charge in [0, 0.05) is 52.7 Å². The average molecular weight is 501 g/mol. The van der Waals surface area contributed by atoms with Gasteiger partial charge in [0.25, 0.3) is 0 Å². The third kappa shape index (κ3) is 29.9. The van der Waals surface area contributed by atoms with Crippen molar-refractivity contribution in [3.8, 4) is 0 Å². The Balaban J connectivity index is 3.19. The second-order valence-electron chi connectivity index (χ2n) is 12.9. The van der Waals surface area contributed by atoms with Crippen molar-refractivity contribution in [3.05, 3.63) is 0 Å². The molecule has 0 amide bonds. The molecule has 2 unspecified atom stereocenters. The minimum atomic E-state index is 0.413. The zero-order valence-corrected chi connectivity index (χ0v) is 25.0. The number of hydrogen-bond donors (Lipinski definition) is 0. The largest absolute Gasteiger partial charge is 0.381 e. The molecule has 0 spiro atoms. The molecule has 5 heteroatoms. The molecule has 5 nitrogen and oxygen atoms in total. The minimum absolute atomic E-state index is 0.413. The molecule has 0 rings (SSSR count). The number of nitrogens with zero attached hydrogens (tertiary/aromatic N) is 1. The monoisotopic (exact) mass is 500 g/mol. The normalized spacial score (nSPS) is 14.4. The first-order valence-corrected chi connectivity index (χ1v) is 14.4. The molecule has 0 aliphatic rings. The Kier molecular flexibility index (Phi) is 21.7. The summed E-state index contributed by atoms with van der Waals surface area (Å²) < 4.78 is 22.9. The Morgan fingerprint density at radius 1 is 0.486 bits per heavy atom. The smallest absolute Gasteiger partial charge is 0.0607 e. The van der Waals surface area contributed by atoms with Crippen LogP contribution in [0, 0.1) is 22.7 Å². The Bertz CT molecular complexity index is 405. The summed E-state index contributed by atoms with van der Waals surface area (Å²) in [5.41, 5.74) is 0.826. The van der Waals surface area contributed by atoms with Crippen molar-refractivity contribution < 1.29 is 18.9 Å². The predicted octanol–water partition coefficient (Wildman–Crippen LogP) is 7.14. The van der Waals surface area contributed by atoms with Crippen LogP contribution < -0.4 is 5.32 Å². The topological polar surface area (TPSA) is 51.0 Å². The lowest BCUT2D eigenvalue weighted by molar-refractivity contribution is 0.0893. The molecule has 0 bridgehead atoms. The van der Waals surface area contributed by atoms with Gasteiger partial charge in [-0.3, -0.25) is 0 Å². The molecule has 0 saturated carbocycles. The Morgan fingerprint density at radius 3 is 1.11 bits per heavy atom. The highest BCUT2D eigenvalue weighted by molar-refractivity contribution is 4.67. The first-order valence-electron chi connectivity index (χ1n) is 14.4. The van der Waals surface area contributed by atoms with Crippen LogP contribution in [0.1, 0.15) is 107 Å². The zero-order chi connectivity index (χ0) is 26.4. The summed E-state index contributed by atoms with van der Waals surface area (Å²) >= 11 is 0. The highest BCUT2D eigenvalue weighted by Gasteiger charge is 2.15. The third-order valence-corrected chi connectivity index (χ3v) is 5.87. The van der Waals surface area contributed by atoms with Crippen molar-refractivity contribution in [3.63, 3.8) is 0 Å². The van der Waals surface area contributed by atoms with Crippen LogP contribution in [0.5, 0.6) is 0 Å². The van der Waals surface area contributed by atoms with E-state index in [0.717, 1.165) is 103 Å². The lowest BCUT2D eigenvalue weighted by Crippen LogP contribution is -2.18. The predicted molar refractivity (Wildman–Crippen MR) is 149 cm³/mol. The van der Waals surface area contributed by atoms with E-state index in [9.17, 15) is 0 Å². The van der Waals surface area contributed by atoms with Crippen molar-refractivity contribution in [2.75, 3.05) is 65.9 Å². The van der Waals surface area contributed by atoms with Gasteiger partial charge < -0.3 is 18.9 Å². The molecule has 0 fully saturated rings. The van der Waals surface area contributed by atoms with Crippen molar-refractivity contribution in [2.45, 2.75) is 107 Å². The summed E-state index contributed by atoms with van der Waals surface area (Å²) in [6, 6.07) is 0. The zero-order valence-electron chi connectivity index (χ0n) is 25.0. The number of rotatable bonds is 24. The molecule has 0 saturated heterocycles. The molecule has 2 atom stereocenters. The van der Waals surface area contributed by atoms with Crippen LogP contribution >= 0.6 is 0 Å². The highest BCUT2D eigenvalue weighted by Crippen LogP contribution is 2.26. The Hall–Kier alpha value is -0.200. The van der Waals surface area contributed by atoms with E-state index in [1.807, 2.05) is 0 Å². The van der Waals surface area contributed by atoms with Crippen LogP contribution in [0.15, 0.2) is 0 Å². The fraction of sp³-hybridized carbons (Fsp3) is 1.00. The van der Waals surface area contributed by atoms with Crippen LogP contribution in [0.4, 0.5) is 0 Å². The summed E-state index contributed by atoms with van der Waals surface area (Å²) in [6.45, 7) is 26.5. The van der Waals surface area contributed by atoms with E-state index in [-0.39, 0.29) is 0 Å². The average Bonchev–Trinajstić information content (AvgIpc) is 2.72. The molecular weight excluding hydrogens is 438 g/mol. The van der Waals surface area contributed by atoms with Crippen molar-refractivity contribution >= 4 is 0 Å². The van der Waals surface area contributed by atoms with E-state index in [1.54, 1.807) is 0 Å². The highest BCUT2D eigenvalue weighted by atomic mass is 16.5. The van der Waals surface area contributed by atoms with Crippen molar-refractivity contribution in [1.29, 1.82) is 0 Å². The molecule has 0 aliphatic carbocycles. The van der Waals surface area contributed by atoms with Gasteiger partial charge in [-0.25, -0.2) is 5.32 Å². The molecule has 211 valence electrons. The van der Waals surface area contributed by atoms with Gasteiger partial charge in [0.2, 0.25) is 0 Å². The van der Waals surface area contributed by atoms with E-state index in [0.29, 0.717) is 24.0 Å². The maximum atomic E-state index is 5.77. The Labute approximate surface area is 219 Å². The lowest BCUT2D eigenvalue weighted by atomic mass is 9.84. The maximum absolute atomic E-state index is 5.77. The quantitative estimate of drug-likeness (QED) is 0.132. The fourth-order valence-electron chi connectivity index (χ4n) is 4.46. The van der Waals surface area contributed by atoms with Gasteiger partial charge in [0.1, 0.15) is 0 Å². The van der Waals surface area contributed by atoms with Crippen LogP contribution in [-0.2, 0) is 18.9 Å². The van der Waals surface area contributed by atoms with Gasteiger partial charge in [-0.2, -0.15) is 0 Å². The summed E-state index contributed by atoms with van der Waals surface area (Å²) in [7, 11) is 0. The van der Waals surface area contributed by atoms with Crippen molar-refractivity contribution in [2.24, 2.45) is 22.7 Å². The van der Waals surface area contributed by atoms with Gasteiger partial charge in [-0.15, -0.1) is 0 Å². The second kappa shape index (κ2) is 21.8. The lowest BCUT2D eigenvalue weighted by Gasteiger charge is -2.23. The summed E-state index contributed by atoms with van der Waals surface area (Å²) in [5, 5.41) is 4.47. The molecule has 0 aromatic carbocycles. The summed E-state index contributed by atoms with van der Waals surface area (Å²) in [6.07, 6.45) is 9.08. The van der Waals surface area contributed by atoms with Gasteiger partial charge in [0.05, 0.1) is 13.2 Å². The van der Waals surface area contributed by atoms with Gasteiger partial charge >= 0.3 is 0 Å². The standard InChI is InChI=1S/C30H62NO4/c1-27(25-29(3,4)5)13-21-32-17-9-11-19-34-23-15-31-16-24-35-20-12-10-18-33-22-14-28(2)26-30(6,7)8/h27-28H,9-26H2,1-8H3. The third-order valence-electron chi connectivity index (χ3n) is 5.87. The second-order valence-corrected chi connectivity index (χ2v) is 12.9. The number of hydrogen-bond acceptors (Lipinski definition) is 4. The van der Waals surface area contributed by atoms with Crippen LogP contribution in [-0.4, -0.2) is 65.9 Å². The molecule has 1 radical (unpaired) electrons. The van der Waals surface area contributed by atoms with Gasteiger partial charge in [0.15, 0.2) is 0 Å². The van der Waals surface area contributed by atoms with Crippen LogP contribution in [0.3, 0.4) is 0 Å². The summed E-state index contributed by atoms with van der Waals surface area (Å²) in [5.74, 6) is 1.46. The molecule has 0 heterocycles. The van der Waals surface area contributed by atoms with Crippen LogP contribution in [0.2, 0.25) is 0 Å². The van der Waals surface area contributed by atoms with Crippen molar-refractivity contribution in [1.82, 2.24) is 5.32 Å². The number of ether oxygens (including phenoxy) is 4. The van der Waals surface area contributed by atoms with Crippen LogP contribution in [0.25, 0.3) is 0 Å². The Morgan fingerprint density at radius 2 is 0.800 bits per heavy atom. The molecule has 0 N–H and O–H groups in total.